The molecule has 3 fully saturated rings. The van der Waals surface area contributed by atoms with Crippen LogP contribution in [-0.4, -0.2) is 31.9 Å². The van der Waals surface area contributed by atoms with Crippen LogP contribution in [-0.2, 0) is 4.94 Å². The van der Waals surface area contributed by atoms with Gasteiger partial charge in [-0.05, 0) is 0 Å². The molecule has 0 aromatic carbocycles. The van der Waals surface area contributed by atoms with Crippen molar-refractivity contribution < 1.29 is 26.4 Å². The molecule has 1 spiro atoms. The molecule has 0 aromatic rings. The summed E-state index contributed by atoms with van der Waals surface area (Å²) in [5.41, 5.74) is 0. The third-order valence-electron chi connectivity index (χ3n) is 3.74. The second kappa shape index (κ2) is 3.23. The summed E-state index contributed by atoms with van der Waals surface area (Å²) in [6, 6.07) is -0.597. The maximum atomic E-state index is 11.6. The first-order valence-corrected chi connectivity index (χ1v) is 9.38. The first-order valence-electron chi connectivity index (χ1n) is 4.84. The van der Waals surface area contributed by atoms with Gasteiger partial charge in [0.1, 0.15) is 0 Å². The molecule has 90 valence electrons. The van der Waals surface area contributed by atoms with Crippen LogP contribution in [0.2, 0.25) is 0 Å². The fraction of sp³-hybridized carbons (Fsp3) is 0.625. The number of fused-ring (bicyclic) bond motifs is 3. The van der Waals surface area contributed by atoms with Crippen molar-refractivity contribution >= 4 is 25.5 Å². The second-order valence-corrected chi connectivity index (χ2v) is 10.9. The summed E-state index contributed by atoms with van der Waals surface area (Å²) in [5.74, 6) is 0.376. The SMILES string of the molecule is C=IN1[I-]C12C1C=CC2C2C1N([O-])ON2[O-]. The summed E-state index contributed by atoms with van der Waals surface area (Å²) in [6.07, 6.45) is 4.22. The summed E-state index contributed by atoms with van der Waals surface area (Å²) in [7, 11) is 0. The Hall–Kier alpha value is 0.830. The van der Waals surface area contributed by atoms with Gasteiger partial charge in [-0.25, -0.2) is 0 Å². The first kappa shape index (κ1) is 10.7. The average molecular weight is 448 g/mol. The summed E-state index contributed by atoms with van der Waals surface area (Å²) in [4.78, 5) is 4.60. The van der Waals surface area contributed by atoms with E-state index in [0.29, 0.717) is 10.5 Å². The van der Waals surface area contributed by atoms with Crippen molar-refractivity contribution in [3.63, 3.8) is 0 Å². The molecule has 2 aliphatic heterocycles. The van der Waals surface area contributed by atoms with Gasteiger partial charge in [0.05, 0.1) is 0 Å². The number of hydrogen-bond donors (Lipinski definition) is 0. The third kappa shape index (κ3) is 1.02. The van der Waals surface area contributed by atoms with Gasteiger partial charge in [0.25, 0.3) is 0 Å². The van der Waals surface area contributed by atoms with E-state index in [2.05, 4.69) is 22.9 Å². The van der Waals surface area contributed by atoms with E-state index in [1.165, 1.54) is 0 Å². The van der Waals surface area contributed by atoms with Crippen molar-refractivity contribution in [3.05, 3.63) is 22.6 Å². The number of halogens is 2. The van der Waals surface area contributed by atoms with Crippen LogP contribution in [0.5, 0.6) is 0 Å². The van der Waals surface area contributed by atoms with E-state index in [9.17, 15) is 10.4 Å². The van der Waals surface area contributed by atoms with Gasteiger partial charge in [0.15, 0.2) is 0 Å². The number of rotatable bonds is 1. The van der Waals surface area contributed by atoms with Crippen molar-refractivity contribution in [1.82, 2.24) is 11.8 Å². The molecule has 5 unspecified atom stereocenters. The molecular weight excluding hydrogens is 440 g/mol. The zero-order chi connectivity index (χ0) is 11.1. The zero-order valence-corrected chi connectivity index (χ0v) is 12.3. The van der Waals surface area contributed by atoms with Crippen molar-refractivity contribution in [2.75, 3.05) is 0 Å². The van der Waals surface area contributed by atoms with Crippen molar-refractivity contribution in [2.24, 2.45) is 11.8 Å². The predicted molar refractivity (Wildman–Crippen MR) is 60.9 cm³/mol. The number of hydrogen-bond acceptors (Lipinski definition) is 6. The second-order valence-electron chi connectivity index (χ2n) is 4.23. The van der Waals surface area contributed by atoms with Gasteiger partial charge >= 0.3 is 114 Å². The van der Waals surface area contributed by atoms with E-state index in [1.807, 2.05) is 0 Å². The van der Waals surface area contributed by atoms with E-state index in [-0.39, 0.29) is 69.9 Å². The molecule has 2 heterocycles. The van der Waals surface area contributed by atoms with E-state index in [4.69, 9.17) is 0 Å². The minimum atomic E-state index is -0.298. The topological polar surface area (TPSA) is 64.8 Å². The summed E-state index contributed by atoms with van der Waals surface area (Å²) >= 11 is -0.186. The number of alkyl halides is 1. The van der Waals surface area contributed by atoms with Gasteiger partial charge in [-0.3, -0.25) is 0 Å². The van der Waals surface area contributed by atoms with Gasteiger partial charge in [0.2, 0.25) is 0 Å². The Balaban J connectivity index is 1.77. The Bertz CT molecular complexity index is 382. The van der Waals surface area contributed by atoms with E-state index < -0.39 is 0 Å². The number of hydroxylamine groups is 4. The number of nitrogens with zero attached hydrogens (tertiary/aromatic N) is 3. The molecular formula is C8H8I2N3O3-3. The van der Waals surface area contributed by atoms with Crippen molar-refractivity contribution in [3.8, 4) is 0 Å². The van der Waals surface area contributed by atoms with Crippen LogP contribution in [0, 0.1) is 22.3 Å². The first-order chi connectivity index (χ1) is 7.70. The van der Waals surface area contributed by atoms with Gasteiger partial charge < -0.3 is 0 Å². The Morgan fingerprint density at radius 3 is 2.25 bits per heavy atom. The zero-order valence-electron chi connectivity index (χ0n) is 7.99. The Labute approximate surface area is 113 Å². The molecule has 5 atom stereocenters. The average Bonchev–Trinajstić information content (AvgIpc) is 2.68. The molecule has 4 aliphatic rings. The van der Waals surface area contributed by atoms with Gasteiger partial charge in [-0.2, -0.15) is 0 Å². The van der Waals surface area contributed by atoms with E-state index in [0.717, 1.165) is 0 Å². The van der Waals surface area contributed by atoms with E-state index in [1.54, 1.807) is 0 Å². The Morgan fingerprint density at radius 2 is 1.81 bits per heavy atom. The molecule has 8 heteroatoms. The summed E-state index contributed by atoms with van der Waals surface area (Å²) < 4.78 is 6.63. The van der Waals surface area contributed by atoms with Crippen LogP contribution in [0.3, 0.4) is 0 Å². The molecule has 4 rings (SSSR count). The molecule has 2 aliphatic carbocycles. The van der Waals surface area contributed by atoms with Crippen LogP contribution in [0.4, 0.5) is 0 Å². The van der Waals surface area contributed by atoms with Crippen LogP contribution < -0.4 is 21.5 Å². The molecule has 0 radical (unpaired) electrons. The maximum absolute atomic E-state index is 11.6. The monoisotopic (exact) mass is 448 g/mol. The third-order valence-corrected chi connectivity index (χ3v) is 12.5. The fourth-order valence-electron chi connectivity index (χ4n) is 3.12. The molecule has 2 bridgehead atoms. The Morgan fingerprint density at radius 1 is 1.25 bits per heavy atom. The van der Waals surface area contributed by atoms with Crippen LogP contribution in [0.25, 0.3) is 0 Å². The Kier molecular flexibility index (Phi) is 2.17. The molecule has 16 heavy (non-hydrogen) atoms. The molecule has 1 saturated carbocycles. The molecule has 6 nitrogen and oxygen atoms in total. The molecule has 0 N–H and O–H groups in total. The summed E-state index contributed by atoms with van der Waals surface area (Å²) in [6.45, 7) is 0. The summed E-state index contributed by atoms with van der Waals surface area (Å²) in [5, 5.41) is 24.2. The molecule has 2 saturated heterocycles. The quantitative estimate of drug-likeness (QED) is 0.109. The fourth-order valence-corrected chi connectivity index (χ4v) is 11.1. The van der Waals surface area contributed by atoms with Crippen LogP contribution >= 0.6 is 21.0 Å². The van der Waals surface area contributed by atoms with Crippen LogP contribution in [0.15, 0.2) is 12.2 Å². The van der Waals surface area contributed by atoms with Gasteiger partial charge in [-0.15, -0.1) is 0 Å². The molecule has 0 aromatic heterocycles. The van der Waals surface area contributed by atoms with Crippen LogP contribution in [0.1, 0.15) is 0 Å². The molecule has 0 amide bonds. The predicted octanol–water partition coefficient (Wildman–Crippen LogP) is -2.67. The minimum absolute atomic E-state index is 0.0291. The van der Waals surface area contributed by atoms with E-state index >= 15 is 0 Å². The normalized spacial score (nSPS) is 59.2. The van der Waals surface area contributed by atoms with Gasteiger partial charge in [0, 0.05) is 0 Å². The van der Waals surface area contributed by atoms with Gasteiger partial charge in [-0.1, -0.05) is 0 Å². The standard InChI is InChI=1S/C8H8I2N3O3/c1-9-13-8(10-13)4-2-3-5(8)7-6(4)11(14)16-12(7)15/h2-7H,1H2/q-3. The van der Waals surface area contributed by atoms with Crippen molar-refractivity contribution in [2.45, 2.75) is 15.6 Å². The van der Waals surface area contributed by atoms with Crippen molar-refractivity contribution in [1.29, 1.82) is 0 Å².